The lowest BCUT2D eigenvalue weighted by atomic mass is 10.2. The van der Waals surface area contributed by atoms with Crippen molar-refractivity contribution in [1.82, 2.24) is 9.88 Å². The Labute approximate surface area is 134 Å². The Bertz CT molecular complexity index is 668. The first-order valence-corrected chi connectivity index (χ1v) is 7.54. The van der Waals surface area contributed by atoms with E-state index in [2.05, 4.69) is 15.2 Å². The van der Waals surface area contributed by atoms with Crippen molar-refractivity contribution in [3.05, 3.63) is 54.9 Å². The van der Waals surface area contributed by atoms with Crippen LogP contribution in [0.5, 0.6) is 0 Å². The minimum absolute atomic E-state index is 0.499. The van der Waals surface area contributed by atoms with Gasteiger partial charge in [0.05, 0.1) is 11.9 Å². The third-order valence-electron chi connectivity index (χ3n) is 3.80. The summed E-state index contributed by atoms with van der Waals surface area (Å²) in [7, 11) is 0. The monoisotopic (exact) mass is 310 g/mol. The Morgan fingerprint density at radius 3 is 2.35 bits per heavy atom. The Morgan fingerprint density at radius 2 is 1.70 bits per heavy atom. The summed E-state index contributed by atoms with van der Waals surface area (Å²) in [6, 6.07) is 13.5. The van der Waals surface area contributed by atoms with Crippen LogP contribution in [0.3, 0.4) is 0 Å². The molecule has 1 N–H and O–H groups in total. The van der Waals surface area contributed by atoms with Crippen LogP contribution < -0.4 is 10.2 Å². The lowest BCUT2D eigenvalue weighted by Gasteiger charge is -2.35. The molecule has 0 bridgehead atoms. The summed E-state index contributed by atoms with van der Waals surface area (Å²) in [5.41, 5.74) is 1.66. The van der Waals surface area contributed by atoms with Crippen LogP contribution in [0.4, 0.5) is 11.4 Å². The Kier molecular flexibility index (Phi) is 4.52. The fourth-order valence-electron chi connectivity index (χ4n) is 2.57. The number of rotatable bonds is 2. The predicted molar refractivity (Wildman–Crippen MR) is 88.1 cm³/mol. The number of carbonyl (C=O) groups excluding carboxylic acids is 2. The van der Waals surface area contributed by atoms with Crippen LogP contribution in [0, 0.1) is 0 Å². The van der Waals surface area contributed by atoms with E-state index in [0.717, 1.165) is 18.8 Å². The first-order valence-electron chi connectivity index (χ1n) is 7.54. The third-order valence-corrected chi connectivity index (χ3v) is 3.80. The summed E-state index contributed by atoms with van der Waals surface area (Å²) in [5.74, 6) is -1.12. The molecule has 1 aliphatic heterocycles. The minimum atomic E-state index is -0.619. The normalized spacial score (nSPS) is 14.4. The second-order valence-corrected chi connectivity index (χ2v) is 5.31. The molecule has 1 aliphatic rings. The number of pyridine rings is 1. The van der Waals surface area contributed by atoms with Crippen LogP contribution in [0.2, 0.25) is 0 Å². The van der Waals surface area contributed by atoms with Gasteiger partial charge in [0.1, 0.15) is 0 Å². The summed E-state index contributed by atoms with van der Waals surface area (Å²) in [6.45, 7) is 2.51. The number of anilines is 2. The molecule has 23 heavy (non-hydrogen) atoms. The first kappa shape index (κ1) is 15.0. The molecule has 0 spiro atoms. The molecule has 3 rings (SSSR count). The molecule has 0 atom stereocenters. The maximum Gasteiger partial charge on any atom is 0.313 e. The number of piperazine rings is 1. The highest BCUT2D eigenvalue weighted by Gasteiger charge is 2.26. The SMILES string of the molecule is O=C(Nc1cccnc1)C(=O)N1CCN(c2ccccc2)CC1. The smallest absolute Gasteiger partial charge is 0.313 e. The van der Waals surface area contributed by atoms with E-state index in [4.69, 9.17) is 0 Å². The van der Waals surface area contributed by atoms with E-state index in [9.17, 15) is 9.59 Å². The lowest BCUT2D eigenvalue weighted by Crippen LogP contribution is -2.51. The first-order chi connectivity index (χ1) is 11.2. The molecule has 1 fully saturated rings. The minimum Gasteiger partial charge on any atom is -0.368 e. The van der Waals surface area contributed by atoms with Gasteiger partial charge in [-0.2, -0.15) is 0 Å². The summed E-state index contributed by atoms with van der Waals surface area (Å²) in [5, 5.41) is 2.58. The highest BCUT2D eigenvalue weighted by molar-refractivity contribution is 6.39. The van der Waals surface area contributed by atoms with Crippen molar-refractivity contribution in [3.8, 4) is 0 Å². The van der Waals surface area contributed by atoms with Gasteiger partial charge in [0.15, 0.2) is 0 Å². The molecular weight excluding hydrogens is 292 g/mol. The molecule has 1 saturated heterocycles. The van der Waals surface area contributed by atoms with Gasteiger partial charge in [0.2, 0.25) is 0 Å². The van der Waals surface area contributed by atoms with E-state index in [1.807, 2.05) is 30.3 Å². The fraction of sp³-hybridized carbons (Fsp3) is 0.235. The molecular formula is C17H18N4O2. The Morgan fingerprint density at radius 1 is 0.957 bits per heavy atom. The van der Waals surface area contributed by atoms with Crippen molar-refractivity contribution in [2.75, 3.05) is 36.4 Å². The fourth-order valence-corrected chi connectivity index (χ4v) is 2.57. The van der Waals surface area contributed by atoms with E-state index >= 15 is 0 Å². The van der Waals surface area contributed by atoms with Crippen LogP contribution in [0.25, 0.3) is 0 Å². The maximum atomic E-state index is 12.2. The molecule has 0 radical (unpaired) electrons. The van der Waals surface area contributed by atoms with Gasteiger partial charge in [-0.1, -0.05) is 18.2 Å². The number of aromatic nitrogens is 1. The number of carbonyl (C=O) groups is 2. The highest BCUT2D eigenvalue weighted by atomic mass is 16.2. The van der Waals surface area contributed by atoms with Crippen molar-refractivity contribution < 1.29 is 9.59 Å². The van der Waals surface area contributed by atoms with E-state index < -0.39 is 11.8 Å². The summed E-state index contributed by atoms with van der Waals surface area (Å²) in [6.07, 6.45) is 3.12. The maximum absolute atomic E-state index is 12.2. The van der Waals surface area contributed by atoms with Gasteiger partial charge in [-0.05, 0) is 24.3 Å². The zero-order chi connectivity index (χ0) is 16.1. The van der Waals surface area contributed by atoms with E-state index in [0.29, 0.717) is 18.8 Å². The van der Waals surface area contributed by atoms with Crippen LogP contribution in [0.1, 0.15) is 0 Å². The molecule has 2 amide bonds. The average Bonchev–Trinajstić information content (AvgIpc) is 2.63. The van der Waals surface area contributed by atoms with E-state index in [-0.39, 0.29) is 0 Å². The topological polar surface area (TPSA) is 65.5 Å². The Balaban J connectivity index is 1.55. The van der Waals surface area contributed by atoms with Gasteiger partial charge in [-0.15, -0.1) is 0 Å². The number of nitrogens with one attached hydrogen (secondary N) is 1. The number of nitrogens with zero attached hydrogens (tertiary/aromatic N) is 3. The number of amides is 2. The lowest BCUT2D eigenvalue weighted by molar-refractivity contribution is -0.143. The molecule has 0 aliphatic carbocycles. The summed E-state index contributed by atoms with van der Waals surface area (Å²) in [4.78, 5) is 31.9. The number of hydrogen-bond donors (Lipinski definition) is 1. The van der Waals surface area contributed by atoms with Gasteiger partial charge in [0.25, 0.3) is 0 Å². The van der Waals surface area contributed by atoms with E-state index in [1.54, 1.807) is 23.2 Å². The van der Waals surface area contributed by atoms with Crippen molar-refractivity contribution in [3.63, 3.8) is 0 Å². The molecule has 118 valence electrons. The quantitative estimate of drug-likeness (QED) is 0.851. The number of para-hydroxylation sites is 1. The van der Waals surface area contributed by atoms with Crippen LogP contribution in [-0.4, -0.2) is 47.9 Å². The van der Waals surface area contributed by atoms with Gasteiger partial charge in [0, 0.05) is 38.1 Å². The third kappa shape index (κ3) is 3.66. The summed E-state index contributed by atoms with van der Waals surface area (Å²) < 4.78 is 0. The van der Waals surface area contributed by atoms with Gasteiger partial charge in [-0.25, -0.2) is 0 Å². The van der Waals surface area contributed by atoms with Gasteiger partial charge < -0.3 is 15.1 Å². The highest BCUT2D eigenvalue weighted by Crippen LogP contribution is 2.15. The zero-order valence-corrected chi connectivity index (χ0v) is 12.7. The largest absolute Gasteiger partial charge is 0.368 e. The molecule has 0 unspecified atom stereocenters. The van der Waals surface area contributed by atoms with Crippen LogP contribution in [0.15, 0.2) is 54.9 Å². The zero-order valence-electron chi connectivity index (χ0n) is 12.7. The molecule has 2 heterocycles. The molecule has 0 saturated carbocycles. The van der Waals surface area contributed by atoms with Gasteiger partial charge >= 0.3 is 11.8 Å². The second kappa shape index (κ2) is 6.91. The number of benzene rings is 1. The van der Waals surface area contributed by atoms with E-state index in [1.165, 1.54) is 6.20 Å². The van der Waals surface area contributed by atoms with Crippen molar-refractivity contribution in [2.45, 2.75) is 0 Å². The van der Waals surface area contributed by atoms with Crippen molar-refractivity contribution in [2.24, 2.45) is 0 Å². The van der Waals surface area contributed by atoms with Crippen molar-refractivity contribution in [1.29, 1.82) is 0 Å². The number of hydrogen-bond acceptors (Lipinski definition) is 4. The molecule has 2 aromatic rings. The second-order valence-electron chi connectivity index (χ2n) is 5.31. The predicted octanol–water partition coefficient (Wildman–Crippen LogP) is 1.37. The van der Waals surface area contributed by atoms with Crippen molar-refractivity contribution >= 4 is 23.2 Å². The summed E-state index contributed by atoms with van der Waals surface area (Å²) >= 11 is 0. The molecule has 6 nitrogen and oxygen atoms in total. The molecule has 6 heteroatoms. The average molecular weight is 310 g/mol. The van der Waals surface area contributed by atoms with Gasteiger partial charge in [-0.3, -0.25) is 14.6 Å². The molecule has 1 aromatic carbocycles. The van der Waals surface area contributed by atoms with Crippen LogP contribution in [-0.2, 0) is 9.59 Å². The standard InChI is InChI=1S/C17H18N4O2/c22-16(19-14-5-4-8-18-13-14)17(23)21-11-9-20(10-12-21)15-6-2-1-3-7-15/h1-8,13H,9-12H2,(H,19,22). The molecule has 1 aromatic heterocycles. The van der Waals surface area contributed by atoms with Crippen LogP contribution >= 0.6 is 0 Å². The Hall–Kier alpha value is -2.89.